The lowest BCUT2D eigenvalue weighted by Gasteiger charge is -2.30. The Balaban J connectivity index is 1.54. The van der Waals surface area contributed by atoms with E-state index in [4.69, 9.17) is 0 Å². The van der Waals surface area contributed by atoms with E-state index in [1.807, 2.05) is 0 Å². The topological polar surface area (TPSA) is 15.3 Å². The normalized spacial score (nSPS) is 15.3. The monoisotopic (exact) mass is 350 g/mol. The van der Waals surface area contributed by atoms with Crippen molar-refractivity contribution >= 4 is 5.69 Å². The van der Waals surface area contributed by atoms with Gasteiger partial charge >= 0.3 is 0 Å². The number of anilines is 1. The van der Waals surface area contributed by atoms with Crippen LogP contribution in [-0.2, 0) is 18.4 Å². The molecule has 0 atom stereocenters. The molecule has 26 heavy (non-hydrogen) atoms. The molecule has 1 heterocycles. The number of nitrogens with one attached hydrogen (secondary N) is 1. The fourth-order valence-corrected chi connectivity index (χ4v) is 3.75. The molecule has 0 spiro atoms. The van der Waals surface area contributed by atoms with Gasteiger partial charge < -0.3 is 10.2 Å². The molecule has 0 unspecified atom stereocenters. The summed E-state index contributed by atoms with van der Waals surface area (Å²) < 4.78 is 0. The molecule has 2 nitrogen and oxygen atoms in total. The molecule has 0 aromatic heterocycles. The number of nitrogens with zero attached hydrogens (tertiary/aromatic N) is 1. The molecule has 1 aliphatic heterocycles. The minimum atomic E-state index is 0.219. The maximum atomic E-state index is 3.66. The van der Waals surface area contributed by atoms with Crippen LogP contribution in [0.2, 0.25) is 0 Å². The first-order chi connectivity index (χ1) is 12.5. The molecule has 1 saturated heterocycles. The molecule has 2 aromatic carbocycles. The van der Waals surface area contributed by atoms with Crippen LogP contribution in [0.25, 0.3) is 0 Å². The third-order valence-corrected chi connectivity index (χ3v) is 5.39. The van der Waals surface area contributed by atoms with Crippen LogP contribution in [0, 0.1) is 0 Å². The summed E-state index contributed by atoms with van der Waals surface area (Å²) in [6.45, 7) is 11.2. The van der Waals surface area contributed by atoms with E-state index in [9.17, 15) is 0 Å². The predicted octanol–water partition coefficient (Wildman–Crippen LogP) is 5.31. The average Bonchev–Trinajstić information content (AvgIpc) is 2.66. The van der Waals surface area contributed by atoms with Gasteiger partial charge in [-0.3, -0.25) is 0 Å². The second-order valence-electron chi connectivity index (χ2n) is 8.55. The summed E-state index contributed by atoms with van der Waals surface area (Å²) in [4.78, 5) is 2.56. The van der Waals surface area contributed by atoms with Gasteiger partial charge in [-0.05, 0) is 60.4 Å². The standard InChI is InChI=1S/C24H34N2/c1-24(2,3)22-12-9-10-20(18-22)14-15-25-19-21-11-5-6-13-23(21)26-16-7-4-8-17-26/h5-6,9-13,18,25H,4,7-8,14-17,19H2,1-3H3. The van der Waals surface area contributed by atoms with Crippen molar-refractivity contribution in [1.29, 1.82) is 0 Å². The first kappa shape index (κ1) is 19.0. The van der Waals surface area contributed by atoms with Crippen LogP contribution < -0.4 is 10.2 Å². The second-order valence-corrected chi connectivity index (χ2v) is 8.55. The van der Waals surface area contributed by atoms with Crippen LogP contribution in [0.1, 0.15) is 56.7 Å². The van der Waals surface area contributed by atoms with Gasteiger partial charge in [0.05, 0.1) is 0 Å². The molecule has 0 bridgehead atoms. The zero-order valence-corrected chi connectivity index (χ0v) is 16.7. The number of piperidine rings is 1. The highest BCUT2D eigenvalue weighted by atomic mass is 15.1. The maximum absolute atomic E-state index is 3.66. The van der Waals surface area contributed by atoms with Gasteiger partial charge in [-0.25, -0.2) is 0 Å². The molecule has 0 amide bonds. The van der Waals surface area contributed by atoms with Crippen molar-refractivity contribution in [3.63, 3.8) is 0 Å². The Morgan fingerprint density at radius 3 is 2.46 bits per heavy atom. The number of benzene rings is 2. The van der Waals surface area contributed by atoms with Crippen molar-refractivity contribution < 1.29 is 0 Å². The lowest BCUT2D eigenvalue weighted by Crippen LogP contribution is -2.31. The molecule has 2 aromatic rings. The largest absolute Gasteiger partial charge is 0.371 e. The van der Waals surface area contributed by atoms with E-state index in [1.54, 1.807) is 0 Å². The summed E-state index contributed by atoms with van der Waals surface area (Å²) in [6, 6.07) is 17.9. The first-order valence-electron chi connectivity index (χ1n) is 10.2. The molecular formula is C24H34N2. The Morgan fingerprint density at radius 1 is 0.923 bits per heavy atom. The molecule has 1 N–H and O–H groups in total. The SMILES string of the molecule is CC(C)(C)c1cccc(CCNCc2ccccc2N2CCCCC2)c1. The minimum absolute atomic E-state index is 0.219. The summed E-state index contributed by atoms with van der Waals surface area (Å²) in [5.74, 6) is 0. The maximum Gasteiger partial charge on any atom is 0.0411 e. The zero-order chi connectivity index (χ0) is 18.4. The van der Waals surface area contributed by atoms with Crippen molar-refractivity contribution in [3.05, 3.63) is 65.2 Å². The molecule has 3 rings (SSSR count). The third kappa shape index (κ3) is 5.11. The molecule has 0 radical (unpaired) electrons. The molecule has 0 saturated carbocycles. The van der Waals surface area contributed by atoms with E-state index in [1.165, 1.54) is 54.7 Å². The summed E-state index contributed by atoms with van der Waals surface area (Å²) in [5, 5.41) is 3.66. The lowest BCUT2D eigenvalue weighted by molar-refractivity contribution is 0.574. The van der Waals surface area contributed by atoms with Gasteiger partial charge in [0.1, 0.15) is 0 Å². The average molecular weight is 351 g/mol. The van der Waals surface area contributed by atoms with E-state index < -0.39 is 0 Å². The molecule has 140 valence electrons. The van der Waals surface area contributed by atoms with Crippen molar-refractivity contribution in [2.45, 2.75) is 58.4 Å². The van der Waals surface area contributed by atoms with Crippen molar-refractivity contribution in [2.24, 2.45) is 0 Å². The molecule has 0 aliphatic carbocycles. The van der Waals surface area contributed by atoms with Gasteiger partial charge in [0, 0.05) is 25.3 Å². The Bertz CT molecular complexity index is 693. The predicted molar refractivity (Wildman–Crippen MR) is 113 cm³/mol. The van der Waals surface area contributed by atoms with Gasteiger partial charge in [-0.1, -0.05) is 63.2 Å². The van der Waals surface area contributed by atoms with E-state index in [-0.39, 0.29) is 5.41 Å². The van der Waals surface area contributed by atoms with Crippen LogP contribution in [0.3, 0.4) is 0 Å². The van der Waals surface area contributed by atoms with Crippen LogP contribution in [0.4, 0.5) is 5.69 Å². The minimum Gasteiger partial charge on any atom is -0.371 e. The van der Waals surface area contributed by atoms with E-state index in [0.717, 1.165) is 19.5 Å². The van der Waals surface area contributed by atoms with Gasteiger partial charge in [0.15, 0.2) is 0 Å². The van der Waals surface area contributed by atoms with Crippen LogP contribution in [0.5, 0.6) is 0 Å². The zero-order valence-electron chi connectivity index (χ0n) is 16.7. The molecular weight excluding hydrogens is 316 g/mol. The Morgan fingerprint density at radius 2 is 1.69 bits per heavy atom. The van der Waals surface area contributed by atoms with E-state index in [2.05, 4.69) is 79.5 Å². The summed E-state index contributed by atoms with van der Waals surface area (Å²) in [7, 11) is 0. The number of hydrogen-bond acceptors (Lipinski definition) is 2. The van der Waals surface area contributed by atoms with Gasteiger partial charge in [0.25, 0.3) is 0 Å². The van der Waals surface area contributed by atoms with E-state index in [0.29, 0.717) is 0 Å². The number of hydrogen-bond donors (Lipinski definition) is 1. The van der Waals surface area contributed by atoms with Crippen molar-refractivity contribution in [2.75, 3.05) is 24.5 Å². The van der Waals surface area contributed by atoms with Crippen molar-refractivity contribution in [1.82, 2.24) is 5.32 Å². The van der Waals surface area contributed by atoms with Gasteiger partial charge in [-0.2, -0.15) is 0 Å². The quantitative estimate of drug-likeness (QED) is 0.711. The third-order valence-electron chi connectivity index (χ3n) is 5.39. The second kappa shape index (κ2) is 8.73. The van der Waals surface area contributed by atoms with E-state index >= 15 is 0 Å². The van der Waals surface area contributed by atoms with Gasteiger partial charge in [-0.15, -0.1) is 0 Å². The number of rotatable bonds is 6. The fourth-order valence-electron chi connectivity index (χ4n) is 3.75. The molecule has 2 heteroatoms. The van der Waals surface area contributed by atoms with Crippen molar-refractivity contribution in [3.8, 4) is 0 Å². The number of para-hydroxylation sites is 1. The molecule has 1 fully saturated rings. The smallest absolute Gasteiger partial charge is 0.0411 e. The van der Waals surface area contributed by atoms with Crippen LogP contribution in [-0.4, -0.2) is 19.6 Å². The molecule has 1 aliphatic rings. The highest BCUT2D eigenvalue weighted by molar-refractivity contribution is 5.53. The Labute approximate surface area is 159 Å². The van der Waals surface area contributed by atoms with Crippen LogP contribution >= 0.6 is 0 Å². The fraction of sp³-hybridized carbons (Fsp3) is 0.500. The van der Waals surface area contributed by atoms with Crippen LogP contribution in [0.15, 0.2) is 48.5 Å². The summed E-state index contributed by atoms with van der Waals surface area (Å²) >= 11 is 0. The Kier molecular flexibility index (Phi) is 6.37. The Hall–Kier alpha value is -1.80. The van der Waals surface area contributed by atoms with Gasteiger partial charge in [0.2, 0.25) is 0 Å². The summed E-state index contributed by atoms with van der Waals surface area (Å²) in [6.07, 6.45) is 5.11. The first-order valence-corrected chi connectivity index (χ1v) is 10.2. The highest BCUT2D eigenvalue weighted by Gasteiger charge is 2.14. The lowest BCUT2D eigenvalue weighted by atomic mass is 9.86. The summed E-state index contributed by atoms with van der Waals surface area (Å²) in [5.41, 5.74) is 5.92. The highest BCUT2D eigenvalue weighted by Crippen LogP contribution is 2.24.